The molecular formula is C11H20BrNO. The lowest BCUT2D eigenvalue weighted by Crippen LogP contribution is -2.49. The molecule has 2 nitrogen and oxygen atoms in total. The first-order valence-corrected chi connectivity index (χ1v) is 6.48. The Hall–Kier alpha value is -0.0500. The molecule has 1 aliphatic rings. The summed E-state index contributed by atoms with van der Waals surface area (Å²) in [6.45, 7) is 7.47. The fourth-order valence-electron chi connectivity index (χ4n) is 2.44. The summed E-state index contributed by atoms with van der Waals surface area (Å²) in [7, 11) is 0. The second-order valence-electron chi connectivity index (χ2n) is 4.03. The molecule has 1 atom stereocenters. The van der Waals surface area contributed by atoms with Gasteiger partial charge in [0.15, 0.2) is 0 Å². The predicted molar refractivity (Wildman–Crippen MR) is 62.6 cm³/mol. The van der Waals surface area contributed by atoms with Gasteiger partial charge in [-0.15, -0.1) is 0 Å². The highest BCUT2D eigenvalue weighted by Gasteiger charge is 2.41. The van der Waals surface area contributed by atoms with E-state index in [1.165, 1.54) is 0 Å². The quantitative estimate of drug-likeness (QED) is 0.713. The van der Waals surface area contributed by atoms with Gasteiger partial charge in [0.05, 0.1) is 4.83 Å². The first-order valence-electron chi connectivity index (χ1n) is 5.56. The number of hydrogen-bond acceptors (Lipinski definition) is 1. The molecular weight excluding hydrogens is 242 g/mol. The van der Waals surface area contributed by atoms with Gasteiger partial charge in [-0.2, -0.15) is 0 Å². The molecule has 1 rings (SSSR count). The second-order valence-corrected chi connectivity index (χ2v) is 5.14. The maximum atomic E-state index is 11.9. The molecule has 0 spiro atoms. The van der Waals surface area contributed by atoms with E-state index in [1.807, 2.05) is 0 Å². The predicted octanol–water partition coefficient (Wildman–Crippen LogP) is 2.95. The Morgan fingerprint density at radius 1 is 1.36 bits per heavy atom. The molecule has 3 heteroatoms. The van der Waals surface area contributed by atoms with Gasteiger partial charge in [-0.25, -0.2) is 0 Å². The van der Waals surface area contributed by atoms with Crippen LogP contribution in [0.3, 0.4) is 0 Å². The Kier molecular flexibility index (Phi) is 3.99. The van der Waals surface area contributed by atoms with Gasteiger partial charge in [-0.05, 0) is 25.7 Å². The van der Waals surface area contributed by atoms with Crippen molar-refractivity contribution in [3.63, 3.8) is 0 Å². The summed E-state index contributed by atoms with van der Waals surface area (Å²) in [6, 6.07) is 0. The Morgan fingerprint density at radius 2 is 1.86 bits per heavy atom. The van der Waals surface area contributed by atoms with Gasteiger partial charge in [0.2, 0.25) is 5.91 Å². The molecule has 1 saturated heterocycles. The molecule has 1 heterocycles. The normalized spacial score (nSPS) is 23.3. The zero-order chi connectivity index (χ0) is 10.8. The fraction of sp³-hybridized carbons (Fsp3) is 0.909. The Balaban J connectivity index is 2.84. The molecule has 0 saturated carbocycles. The van der Waals surface area contributed by atoms with Crippen molar-refractivity contribution in [2.45, 2.75) is 56.8 Å². The molecule has 0 bridgehead atoms. The van der Waals surface area contributed by atoms with Gasteiger partial charge in [0.25, 0.3) is 0 Å². The standard InChI is InChI=1S/C11H20BrNO/c1-4-11(5-2,6-3)13-8-7-9(12)10(13)14/h9H,4-8H2,1-3H3. The molecule has 0 N–H and O–H groups in total. The monoisotopic (exact) mass is 261 g/mol. The van der Waals surface area contributed by atoms with Crippen LogP contribution >= 0.6 is 15.9 Å². The summed E-state index contributed by atoms with van der Waals surface area (Å²) in [5, 5.41) is 0. The Labute approximate surface area is 95.2 Å². The van der Waals surface area contributed by atoms with Crippen molar-refractivity contribution < 1.29 is 4.79 Å². The molecule has 1 amide bonds. The number of halogens is 1. The molecule has 14 heavy (non-hydrogen) atoms. The van der Waals surface area contributed by atoms with E-state index < -0.39 is 0 Å². The lowest BCUT2D eigenvalue weighted by Gasteiger charge is -2.40. The van der Waals surface area contributed by atoms with Crippen LogP contribution in [0.1, 0.15) is 46.5 Å². The second kappa shape index (κ2) is 4.65. The summed E-state index contributed by atoms with van der Waals surface area (Å²) >= 11 is 3.43. The fourth-order valence-corrected chi connectivity index (χ4v) is 2.89. The van der Waals surface area contributed by atoms with Crippen LogP contribution in [0.2, 0.25) is 0 Å². The molecule has 82 valence electrons. The minimum atomic E-state index is 0.0616. The van der Waals surface area contributed by atoms with Crippen LogP contribution in [0.25, 0.3) is 0 Å². The van der Waals surface area contributed by atoms with E-state index >= 15 is 0 Å². The largest absolute Gasteiger partial charge is 0.336 e. The maximum absolute atomic E-state index is 11.9. The molecule has 1 fully saturated rings. The van der Waals surface area contributed by atoms with Crippen molar-refractivity contribution >= 4 is 21.8 Å². The van der Waals surface area contributed by atoms with Crippen LogP contribution in [0.15, 0.2) is 0 Å². The minimum Gasteiger partial charge on any atom is -0.336 e. The SMILES string of the molecule is CCC(CC)(CC)N1CCC(Br)C1=O. The van der Waals surface area contributed by atoms with E-state index in [2.05, 4.69) is 41.6 Å². The van der Waals surface area contributed by atoms with Crippen LogP contribution < -0.4 is 0 Å². The molecule has 0 aromatic carbocycles. The van der Waals surface area contributed by atoms with Crippen molar-refractivity contribution in [1.29, 1.82) is 0 Å². The van der Waals surface area contributed by atoms with E-state index in [0.717, 1.165) is 32.2 Å². The number of hydrogen-bond donors (Lipinski definition) is 0. The summed E-state index contributed by atoms with van der Waals surface area (Å²) < 4.78 is 0. The summed E-state index contributed by atoms with van der Waals surface area (Å²) in [4.78, 5) is 14.1. The van der Waals surface area contributed by atoms with Crippen molar-refractivity contribution in [3.05, 3.63) is 0 Å². The highest BCUT2D eigenvalue weighted by Crippen LogP contribution is 2.33. The summed E-state index contributed by atoms with van der Waals surface area (Å²) in [5.41, 5.74) is 0.111. The minimum absolute atomic E-state index is 0.0616. The first-order chi connectivity index (χ1) is 6.61. The summed E-state index contributed by atoms with van der Waals surface area (Å²) in [6.07, 6.45) is 4.14. The third-order valence-corrected chi connectivity index (χ3v) is 4.54. The zero-order valence-electron chi connectivity index (χ0n) is 9.35. The Morgan fingerprint density at radius 3 is 2.14 bits per heavy atom. The number of carbonyl (C=O) groups excluding carboxylic acids is 1. The van der Waals surface area contributed by atoms with Crippen molar-refractivity contribution in [3.8, 4) is 0 Å². The maximum Gasteiger partial charge on any atom is 0.236 e. The summed E-state index contributed by atoms with van der Waals surface area (Å²) in [5.74, 6) is 0.288. The van der Waals surface area contributed by atoms with Crippen LogP contribution in [0.5, 0.6) is 0 Å². The lowest BCUT2D eigenvalue weighted by molar-refractivity contribution is -0.133. The number of carbonyl (C=O) groups is 1. The van der Waals surface area contributed by atoms with Crippen LogP contribution in [0.4, 0.5) is 0 Å². The van der Waals surface area contributed by atoms with Gasteiger partial charge in [0, 0.05) is 12.1 Å². The average Bonchev–Trinajstić information content (AvgIpc) is 2.54. The van der Waals surface area contributed by atoms with Gasteiger partial charge in [-0.3, -0.25) is 4.79 Å². The van der Waals surface area contributed by atoms with E-state index in [4.69, 9.17) is 0 Å². The number of nitrogens with zero attached hydrogens (tertiary/aromatic N) is 1. The van der Waals surface area contributed by atoms with E-state index in [9.17, 15) is 4.79 Å². The molecule has 0 aromatic heterocycles. The zero-order valence-corrected chi connectivity index (χ0v) is 10.9. The number of rotatable bonds is 4. The van der Waals surface area contributed by atoms with E-state index in [1.54, 1.807) is 0 Å². The van der Waals surface area contributed by atoms with Gasteiger partial charge in [0.1, 0.15) is 0 Å². The van der Waals surface area contributed by atoms with E-state index in [-0.39, 0.29) is 16.3 Å². The van der Waals surface area contributed by atoms with Crippen LogP contribution in [-0.2, 0) is 4.79 Å². The lowest BCUT2D eigenvalue weighted by atomic mass is 9.88. The molecule has 0 radical (unpaired) electrons. The molecule has 1 unspecified atom stereocenters. The van der Waals surface area contributed by atoms with Crippen molar-refractivity contribution in [2.75, 3.05) is 6.54 Å². The smallest absolute Gasteiger partial charge is 0.236 e. The van der Waals surface area contributed by atoms with Gasteiger partial charge < -0.3 is 4.90 Å². The van der Waals surface area contributed by atoms with Crippen molar-refractivity contribution in [2.24, 2.45) is 0 Å². The van der Waals surface area contributed by atoms with Gasteiger partial charge >= 0.3 is 0 Å². The number of amides is 1. The third kappa shape index (κ3) is 1.83. The van der Waals surface area contributed by atoms with Crippen LogP contribution in [0, 0.1) is 0 Å². The number of likely N-dealkylation sites (tertiary alicyclic amines) is 1. The third-order valence-electron chi connectivity index (χ3n) is 3.69. The first kappa shape index (κ1) is 12.0. The van der Waals surface area contributed by atoms with Crippen molar-refractivity contribution in [1.82, 2.24) is 4.90 Å². The molecule has 0 aromatic rings. The molecule has 1 aliphatic heterocycles. The highest BCUT2D eigenvalue weighted by atomic mass is 79.9. The van der Waals surface area contributed by atoms with E-state index in [0.29, 0.717) is 0 Å². The number of alkyl halides is 1. The Bertz CT molecular complexity index is 205. The topological polar surface area (TPSA) is 20.3 Å². The van der Waals surface area contributed by atoms with Gasteiger partial charge in [-0.1, -0.05) is 36.7 Å². The highest BCUT2D eigenvalue weighted by molar-refractivity contribution is 9.10. The van der Waals surface area contributed by atoms with Crippen LogP contribution in [-0.4, -0.2) is 27.7 Å². The average molecular weight is 262 g/mol. The molecule has 0 aliphatic carbocycles.